The van der Waals surface area contributed by atoms with Crippen molar-refractivity contribution in [3.63, 3.8) is 0 Å². The number of carbonyl (C=O) groups excluding carboxylic acids is 3. The van der Waals surface area contributed by atoms with Crippen LogP contribution in [0.5, 0.6) is 11.5 Å². The van der Waals surface area contributed by atoms with E-state index >= 15 is 0 Å². The maximum Gasteiger partial charge on any atom is 0.405 e. The third-order valence-corrected chi connectivity index (χ3v) is 15.9. The van der Waals surface area contributed by atoms with Crippen molar-refractivity contribution in [2.75, 3.05) is 87.6 Å². The molecule has 7 aromatic rings. The van der Waals surface area contributed by atoms with E-state index in [0.717, 1.165) is 77.1 Å². The number of carbonyl (C=O) groups is 3. The number of nitrogens with one attached hydrogen (secondary N) is 2. The number of halogens is 3. The van der Waals surface area contributed by atoms with E-state index in [1.807, 2.05) is 49.3 Å². The summed E-state index contributed by atoms with van der Waals surface area (Å²) in [5.74, 6) is -1.07. The van der Waals surface area contributed by atoms with Gasteiger partial charge in [-0.15, -0.1) is 10.2 Å². The Bertz CT molecular complexity index is 3610. The minimum Gasteiger partial charge on any atom is -0.508 e. The van der Waals surface area contributed by atoms with E-state index in [2.05, 4.69) is 108 Å². The highest BCUT2D eigenvalue weighted by Gasteiger charge is 2.35. The van der Waals surface area contributed by atoms with E-state index < -0.39 is 24.5 Å². The highest BCUT2D eigenvalue weighted by atomic mass is 19.4. The molecule has 3 aliphatic rings. The molecule has 2 fully saturated rings. The van der Waals surface area contributed by atoms with Crippen molar-refractivity contribution in [2.24, 2.45) is 0 Å². The summed E-state index contributed by atoms with van der Waals surface area (Å²) in [6, 6.07) is 34.9. The molecule has 3 amide bonds. The fourth-order valence-corrected chi connectivity index (χ4v) is 11.6. The molecule has 442 valence electrons. The van der Waals surface area contributed by atoms with Gasteiger partial charge in [0.2, 0.25) is 23.6 Å². The molecule has 10 rings (SSSR count). The Hall–Kier alpha value is -9.07. The Balaban J connectivity index is 0.726. The van der Waals surface area contributed by atoms with Gasteiger partial charge in [0.05, 0.1) is 36.3 Å². The second kappa shape index (κ2) is 25.8. The number of aromatic hydroxyl groups is 2. The van der Waals surface area contributed by atoms with Crippen LogP contribution in [-0.4, -0.2) is 157 Å². The fraction of sp³-hybridized carbons (Fsp3) is 0.365. The van der Waals surface area contributed by atoms with E-state index in [9.17, 15) is 43.0 Å². The lowest BCUT2D eigenvalue weighted by Crippen LogP contribution is -2.55. The van der Waals surface area contributed by atoms with Crippen molar-refractivity contribution >= 4 is 45.9 Å². The quantitative estimate of drug-likeness (QED) is 0.0562. The average Bonchev–Trinajstić information content (AvgIpc) is 2.63. The Labute approximate surface area is 491 Å². The second-order valence-corrected chi connectivity index (χ2v) is 22.2. The summed E-state index contributed by atoms with van der Waals surface area (Å²) in [5, 5.41) is 46.8. The number of alkyl halides is 3. The molecule has 0 spiro atoms. The maximum absolute atomic E-state index is 13.7. The van der Waals surface area contributed by atoms with E-state index in [1.54, 1.807) is 17.0 Å². The summed E-state index contributed by atoms with van der Waals surface area (Å²) in [6.45, 7) is 13.5. The van der Waals surface area contributed by atoms with Crippen LogP contribution >= 0.6 is 0 Å². The first-order valence-corrected chi connectivity index (χ1v) is 28.6. The van der Waals surface area contributed by atoms with Crippen LogP contribution in [0.25, 0.3) is 27.8 Å². The minimum absolute atomic E-state index is 0.00225. The first-order valence-electron chi connectivity index (χ1n) is 28.6. The molecule has 1 atom stereocenters. The zero-order chi connectivity index (χ0) is 59.9. The third kappa shape index (κ3) is 13.8. The summed E-state index contributed by atoms with van der Waals surface area (Å²) in [6.07, 6.45) is -2.20. The number of hydrogen-bond acceptors (Lipinski definition) is 15. The number of phenolic OH excluding ortho intramolecular Hbond substituents is 2. The number of rotatable bonds is 19. The number of hydrogen-bond donors (Lipinski definition) is 4. The van der Waals surface area contributed by atoms with Crippen molar-refractivity contribution in [3.05, 3.63) is 155 Å². The van der Waals surface area contributed by atoms with Gasteiger partial charge in [-0.3, -0.25) is 28.8 Å². The summed E-state index contributed by atoms with van der Waals surface area (Å²) < 4.78 is 40.7. The van der Waals surface area contributed by atoms with E-state index in [0.29, 0.717) is 82.5 Å². The molecule has 19 nitrogen and oxygen atoms in total. The number of fused-ring (bicyclic) bond motifs is 2. The molecular weight excluding hydrogens is 1090 g/mol. The molecule has 0 bridgehead atoms. The molecule has 5 heterocycles. The smallest absolute Gasteiger partial charge is 0.405 e. The molecule has 2 saturated heterocycles. The summed E-state index contributed by atoms with van der Waals surface area (Å²) >= 11 is 0. The van der Waals surface area contributed by atoms with Crippen LogP contribution in [0.3, 0.4) is 0 Å². The zero-order valence-electron chi connectivity index (χ0n) is 47.9. The Morgan fingerprint density at radius 3 is 2.26 bits per heavy atom. The maximum atomic E-state index is 13.7. The van der Waals surface area contributed by atoms with Crippen LogP contribution < -0.4 is 20.4 Å². The highest BCUT2D eigenvalue weighted by molar-refractivity contribution is 5.95. The van der Waals surface area contributed by atoms with E-state index in [-0.39, 0.29) is 59.5 Å². The lowest BCUT2D eigenvalue weighted by Gasteiger charge is -2.42. The van der Waals surface area contributed by atoms with Crippen LogP contribution in [0.1, 0.15) is 76.7 Å². The van der Waals surface area contributed by atoms with Crippen molar-refractivity contribution in [2.45, 2.75) is 77.4 Å². The molecule has 2 aromatic heterocycles. The zero-order valence-corrected chi connectivity index (χ0v) is 47.9. The second-order valence-electron chi connectivity index (χ2n) is 22.2. The molecule has 85 heavy (non-hydrogen) atoms. The van der Waals surface area contributed by atoms with Crippen molar-refractivity contribution < 1.29 is 37.8 Å². The lowest BCUT2D eigenvalue weighted by molar-refractivity contribution is -0.132. The molecular formula is C63H69F3N14O5. The van der Waals surface area contributed by atoms with Gasteiger partial charge in [0, 0.05) is 113 Å². The van der Waals surface area contributed by atoms with Crippen molar-refractivity contribution in [3.8, 4) is 34.6 Å². The molecule has 5 aromatic carbocycles. The number of benzene rings is 5. The van der Waals surface area contributed by atoms with Gasteiger partial charge in [0.25, 0.3) is 5.91 Å². The Kier molecular flexibility index (Phi) is 18.0. The monoisotopic (exact) mass is 1160 g/mol. The molecule has 3 aliphatic heterocycles. The summed E-state index contributed by atoms with van der Waals surface area (Å²) in [5.41, 5.74) is 7.27. The Morgan fingerprint density at radius 2 is 1.55 bits per heavy atom. The fourth-order valence-electron chi connectivity index (χ4n) is 11.6. The topological polar surface area (TPSA) is 215 Å². The van der Waals surface area contributed by atoms with Gasteiger partial charge in [0.1, 0.15) is 23.9 Å². The van der Waals surface area contributed by atoms with Gasteiger partial charge >= 0.3 is 6.18 Å². The van der Waals surface area contributed by atoms with Crippen LogP contribution in [0, 0.1) is 11.3 Å². The van der Waals surface area contributed by atoms with Crippen LogP contribution in [-0.2, 0) is 42.2 Å². The predicted octanol–water partition coefficient (Wildman–Crippen LogP) is 8.16. The molecule has 22 heteroatoms. The largest absolute Gasteiger partial charge is 0.508 e. The van der Waals surface area contributed by atoms with Crippen LogP contribution in [0.15, 0.2) is 116 Å². The van der Waals surface area contributed by atoms with Crippen LogP contribution in [0.2, 0.25) is 0 Å². The minimum atomic E-state index is -4.66. The van der Waals surface area contributed by atoms with Gasteiger partial charge in [0.15, 0.2) is 5.82 Å². The average molecular weight is 1160 g/mol. The number of nitrogens with zero attached hydrogens (tertiary/aromatic N) is 12. The Morgan fingerprint density at radius 1 is 0.847 bits per heavy atom. The van der Waals surface area contributed by atoms with Crippen LogP contribution in [0.4, 0.5) is 30.6 Å². The summed E-state index contributed by atoms with van der Waals surface area (Å²) in [4.78, 5) is 62.4. The number of aromatic nitrogens is 5. The van der Waals surface area contributed by atoms with Gasteiger partial charge in [-0.2, -0.15) is 23.4 Å². The molecule has 0 aliphatic carbocycles. The standard InChI is InChI=1S/C63H69F3N14O5/c1-5-56(83)79-32-31-78(38-47(79)21-24-67)58-49-23-26-77(53-12-8-10-45-9-6-7-11-48(45)53)39-52(49)70-62(71-58)68-25-22-57(84)76-29-27-75(28-30-76)37-44-15-13-42(14-16-44)35-74(4)36-43-17-19-46(20-18-43)80-59(51-33-50(41(2)3)54(81)34-55(51)82)72-73-60(80)61(85)69-40-63(64,65)66/h5-20,33-34,41,47,81-82H,1,21-23,25-32,35-40H2,2-4H3,(H,69,85)(H,68,70,71)/t47-/m1/s1. The molecule has 0 saturated carbocycles. The molecule has 0 unspecified atom stereocenters. The third-order valence-electron chi connectivity index (χ3n) is 15.9. The number of anilines is 3. The first kappa shape index (κ1) is 59.1. The normalized spacial score (nSPS) is 15.7. The van der Waals surface area contributed by atoms with Crippen molar-refractivity contribution in [1.82, 2.24) is 49.6 Å². The molecule has 4 N–H and O–H groups in total. The summed E-state index contributed by atoms with van der Waals surface area (Å²) in [7, 11) is 1.99. The predicted molar refractivity (Wildman–Crippen MR) is 318 cm³/mol. The van der Waals surface area contributed by atoms with Gasteiger partial charge in [-0.05, 0) is 77.4 Å². The highest BCUT2D eigenvalue weighted by Crippen LogP contribution is 2.39. The first-order chi connectivity index (χ1) is 40.9. The van der Waals surface area contributed by atoms with Gasteiger partial charge in [-0.25, -0.2) is 4.98 Å². The number of phenols is 2. The van der Waals surface area contributed by atoms with Crippen molar-refractivity contribution in [1.29, 1.82) is 5.26 Å². The van der Waals surface area contributed by atoms with Gasteiger partial charge < -0.3 is 40.4 Å². The van der Waals surface area contributed by atoms with E-state index in [4.69, 9.17) is 9.97 Å². The SMILES string of the molecule is C=CC(=O)N1CCN(c2nc(NCCC(=O)N3CCN(Cc4ccc(CN(C)Cc5ccc(-n6c(C(=O)NCC(F)(F)F)nnc6-c6cc(C(C)C)c(O)cc6O)cc5)cc4)CC3)nc3c2CCN(c2cccc4ccccc24)C3)C[C@H]1CC#N. The van der Waals surface area contributed by atoms with E-state index in [1.165, 1.54) is 22.1 Å². The lowest BCUT2D eigenvalue weighted by atomic mass is 9.98. The number of nitriles is 1. The van der Waals surface area contributed by atoms with Gasteiger partial charge in [-0.1, -0.05) is 93.2 Å². The number of piperazine rings is 2. The number of amides is 3. The molecule has 0 radical (unpaired) electrons.